The summed E-state index contributed by atoms with van der Waals surface area (Å²) in [5.74, 6) is -0.124. The third-order valence-electron chi connectivity index (χ3n) is 6.66. The molecule has 0 spiro atoms. The lowest BCUT2D eigenvalue weighted by atomic mass is 10.1. The van der Waals surface area contributed by atoms with Crippen LogP contribution < -0.4 is 19.1 Å². The lowest BCUT2D eigenvalue weighted by Gasteiger charge is -2.32. The summed E-state index contributed by atoms with van der Waals surface area (Å²) in [6.07, 6.45) is 0. The number of carbonyl (C=O) groups is 2. The molecule has 0 bridgehead atoms. The van der Waals surface area contributed by atoms with Crippen molar-refractivity contribution >= 4 is 39.1 Å². The molecule has 0 saturated heterocycles. The number of methoxy groups -OCH3 is 2. The van der Waals surface area contributed by atoms with Crippen LogP contribution in [-0.2, 0) is 26.2 Å². The maximum absolute atomic E-state index is 14.1. The van der Waals surface area contributed by atoms with Crippen LogP contribution in [0.3, 0.4) is 0 Å². The molecule has 3 aromatic rings. The molecule has 0 fully saturated rings. The number of anilines is 1. The van der Waals surface area contributed by atoms with Crippen LogP contribution in [0.25, 0.3) is 0 Å². The van der Waals surface area contributed by atoms with Crippen molar-refractivity contribution in [1.82, 2.24) is 10.2 Å². The van der Waals surface area contributed by atoms with Gasteiger partial charge in [0.25, 0.3) is 10.0 Å². The predicted octanol–water partition coefficient (Wildman–Crippen LogP) is 5.05. The van der Waals surface area contributed by atoms with E-state index >= 15 is 0 Å². The number of sulfonamides is 1. The molecule has 0 radical (unpaired) electrons. The zero-order chi connectivity index (χ0) is 31.0. The molecule has 0 aromatic heterocycles. The minimum absolute atomic E-state index is 0.00208. The van der Waals surface area contributed by atoms with Crippen LogP contribution in [0.5, 0.6) is 11.5 Å². The second-order valence-corrected chi connectivity index (χ2v) is 12.6. The van der Waals surface area contributed by atoms with Gasteiger partial charge in [0.15, 0.2) is 0 Å². The number of benzene rings is 3. The molecule has 0 heterocycles. The highest BCUT2D eigenvalue weighted by atomic mass is 35.5. The number of hydrogen-bond donors (Lipinski definition) is 1. The van der Waals surface area contributed by atoms with E-state index in [9.17, 15) is 18.0 Å². The number of nitrogens with one attached hydrogen (secondary N) is 1. The molecular formula is C31H38ClN3O6S. The van der Waals surface area contributed by atoms with Crippen LogP contribution in [0, 0.1) is 12.8 Å². The maximum atomic E-state index is 14.1. The molecule has 1 atom stereocenters. The molecule has 2 amide bonds. The van der Waals surface area contributed by atoms with E-state index in [2.05, 4.69) is 5.32 Å². The van der Waals surface area contributed by atoms with Gasteiger partial charge in [-0.25, -0.2) is 8.42 Å². The van der Waals surface area contributed by atoms with Gasteiger partial charge in [-0.05, 0) is 61.7 Å². The van der Waals surface area contributed by atoms with Gasteiger partial charge < -0.3 is 19.7 Å². The Morgan fingerprint density at radius 1 is 0.929 bits per heavy atom. The molecule has 1 unspecified atom stereocenters. The lowest BCUT2D eigenvalue weighted by Crippen LogP contribution is -2.51. The fourth-order valence-corrected chi connectivity index (χ4v) is 5.71. The van der Waals surface area contributed by atoms with Crippen LogP contribution in [0.4, 0.5) is 5.69 Å². The first-order valence-corrected chi connectivity index (χ1v) is 15.3. The van der Waals surface area contributed by atoms with E-state index in [0.717, 1.165) is 15.4 Å². The molecule has 3 rings (SSSR count). The topological polar surface area (TPSA) is 105 Å². The number of amides is 2. The molecule has 0 saturated carbocycles. The summed E-state index contributed by atoms with van der Waals surface area (Å²) in [7, 11) is -1.40. The molecule has 0 aliphatic rings. The first-order chi connectivity index (χ1) is 19.9. The van der Waals surface area contributed by atoms with Gasteiger partial charge in [-0.15, -0.1) is 0 Å². The van der Waals surface area contributed by atoms with Gasteiger partial charge in [-0.1, -0.05) is 55.3 Å². The molecule has 1 N–H and O–H groups in total. The SMILES string of the molecule is COc1ccc(OC)c(N(CC(=O)N(Cc2ccc(Cl)cc2)C(C)C(=O)NCC(C)C)S(=O)(=O)c2ccc(C)cc2)c1. The van der Waals surface area contributed by atoms with Crippen molar-refractivity contribution in [3.8, 4) is 11.5 Å². The smallest absolute Gasteiger partial charge is 0.264 e. The normalized spacial score (nSPS) is 12.0. The minimum atomic E-state index is -4.27. The molecule has 226 valence electrons. The number of rotatable bonds is 13. The second kappa shape index (κ2) is 14.4. The molecule has 3 aromatic carbocycles. The Hall–Kier alpha value is -3.76. The summed E-state index contributed by atoms with van der Waals surface area (Å²) in [5.41, 5.74) is 1.73. The largest absolute Gasteiger partial charge is 0.497 e. The summed E-state index contributed by atoms with van der Waals surface area (Å²) in [6.45, 7) is 7.29. The highest BCUT2D eigenvalue weighted by Gasteiger charge is 2.34. The Morgan fingerprint density at radius 3 is 2.14 bits per heavy atom. The van der Waals surface area contributed by atoms with Crippen molar-refractivity contribution in [2.24, 2.45) is 5.92 Å². The number of carbonyl (C=O) groups excluding carboxylic acids is 2. The summed E-state index contributed by atoms with van der Waals surface area (Å²) >= 11 is 6.06. The first-order valence-electron chi connectivity index (χ1n) is 13.5. The van der Waals surface area contributed by atoms with E-state index in [1.165, 1.54) is 37.3 Å². The Bertz CT molecular complexity index is 1480. The number of ether oxygens (including phenoxy) is 2. The van der Waals surface area contributed by atoms with Crippen LogP contribution in [0.1, 0.15) is 31.9 Å². The number of halogens is 1. The Morgan fingerprint density at radius 2 is 1.57 bits per heavy atom. The lowest BCUT2D eigenvalue weighted by molar-refractivity contribution is -0.139. The molecular weight excluding hydrogens is 578 g/mol. The zero-order valence-corrected chi connectivity index (χ0v) is 26.3. The van der Waals surface area contributed by atoms with Gasteiger partial charge in [0.1, 0.15) is 24.1 Å². The molecule has 42 heavy (non-hydrogen) atoms. The Kier molecular flexibility index (Phi) is 11.2. The molecule has 0 aliphatic heterocycles. The van der Waals surface area contributed by atoms with Crippen LogP contribution in [0.15, 0.2) is 71.6 Å². The zero-order valence-electron chi connectivity index (χ0n) is 24.8. The van der Waals surface area contributed by atoms with Crippen molar-refractivity contribution < 1.29 is 27.5 Å². The van der Waals surface area contributed by atoms with Gasteiger partial charge in [0, 0.05) is 24.2 Å². The molecule has 9 nitrogen and oxygen atoms in total. The van der Waals surface area contributed by atoms with Crippen molar-refractivity contribution in [1.29, 1.82) is 0 Å². The summed E-state index contributed by atoms with van der Waals surface area (Å²) < 4.78 is 40.1. The fraction of sp³-hybridized carbons (Fsp3) is 0.355. The average molecular weight is 616 g/mol. The quantitative estimate of drug-likeness (QED) is 0.289. The average Bonchev–Trinajstić information content (AvgIpc) is 2.97. The highest BCUT2D eigenvalue weighted by Crippen LogP contribution is 2.36. The molecule has 0 aliphatic carbocycles. The number of aryl methyl sites for hydroxylation is 1. The standard InChI is InChI=1S/C31H38ClN3O6S/c1-21(2)18-33-31(37)23(4)34(19-24-9-11-25(32)12-10-24)30(36)20-35(28-17-26(40-5)13-16-29(28)41-6)42(38,39)27-14-7-22(3)8-15-27/h7-17,21,23H,18-20H2,1-6H3,(H,33,37). The van der Waals surface area contributed by atoms with E-state index in [1.54, 1.807) is 55.5 Å². The number of nitrogens with zero attached hydrogens (tertiary/aromatic N) is 2. The summed E-state index contributed by atoms with van der Waals surface area (Å²) in [5, 5.41) is 3.40. The van der Waals surface area contributed by atoms with Crippen molar-refractivity contribution in [2.45, 2.75) is 45.2 Å². The maximum Gasteiger partial charge on any atom is 0.264 e. The second-order valence-electron chi connectivity index (χ2n) is 10.3. The van der Waals surface area contributed by atoms with Gasteiger partial charge in [0.2, 0.25) is 11.8 Å². The first kappa shape index (κ1) is 32.8. The van der Waals surface area contributed by atoms with Gasteiger partial charge in [-0.3, -0.25) is 13.9 Å². The fourth-order valence-electron chi connectivity index (χ4n) is 4.16. The summed E-state index contributed by atoms with van der Waals surface area (Å²) in [4.78, 5) is 28.6. The monoisotopic (exact) mass is 615 g/mol. The minimum Gasteiger partial charge on any atom is -0.497 e. The van der Waals surface area contributed by atoms with E-state index in [4.69, 9.17) is 21.1 Å². The third kappa shape index (κ3) is 8.17. The Balaban J connectivity index is 2.10. The third-order valence-corrected chi connectivity index (χ3v) is 8.69. The van der Waals surface area contributed by atoms with Crippen LogP contribution in [0.2, 0.25) is 5.02 Å². The van der Waals surface area contributed by atoms with E-state index in [0.29, 0.717) is 17.3 Å². The van der Waals surface area contributed by atoms with Crippen molar-refractivity contribution in [2.75, 3.05) is 31.6 Å². The van der Waals surface area contributed by atoms with E-state index < -0.39 is 28.5 Å². The van der Waals surface area contributed by atoms with Crippen molar-refractivity contribution in [3.63, 3.8) is 0 Å². The molecule has 11 heteroatoms. The summed E-state index contributed by atoms with van der Waals surface area (Å²) in [6, 6.07) is 17.1. The van der Waals surface area contributed by atoms with E-state index in [-0.39, 0.29) is 34.7 Å². The van der Waals surface area contributed by atoms with Crippen molar-refractivity contribution in [3.05, 3.63) is 82.9 Å². The Labute approximate surface area is 253 Å². The van der Waals surface area contributed by atoms with Gasteiger partial charge >= 0.3 is 0 Å². The van der Waals surface area contributed by atoms with Crippen LogP contribution >= 0.6 is 11.6 Å². The van der Waals surface area contributed by atoms with Crippen LogP contribution in [-0.4, -0.2) is 58.5 Å². The van der Waals surface area contributed by atoms with E-state index in [1.807, 2.05) is 20.8 Å². The van der Waals surface area contributed by atoms with Gasteiger partial charge in [0.05, 0.1) is 24.8 Å². The van der Waals surface area contributed by atoms with Gasteiger partial charge in [-0.2, -0.15) is 0 Å². The highest BCUT2D eigenvalue weighted by molar-refractivity contribution is 7.92. The number of hydrogen-bond acceptors (Lipinski definition) is 6. The predicted molar refractivity (Wildman–Crippen MR) is 165 cm³/mol.